The summed E-state index contributed by atoms with van der Waals surface area (Å²) >= 11 is 0. The van der Waals surface area contributed by atoms with Crippen molar-refractivity contribution in [2.45, 2.75) is 419 Å². The van der Waals surface area contributed by atoms with E-state index in [0.717, 1.165) is 115 Å². The van der Waals surface area contributed by atoms with E-state index in [9.17, 15) is 43.2 Å². The second-order valence-electron chi connectivity index (χ2n) is 28.5. The second-order valence-corrected chi connectivity index (χ2v) is 31.4. The van der Waals surface area contributed by atoms with Crippen LogP contribution in [0.15, 0.2) is 0 Å². The van der Waals surface area contributed by atoms with E-state index < -0.39 is 97.5 Å². The van der Waals surface area contributed by atoms with Gasteiger partial charge >= 0.3 is 39.5 Å². The molecule has 0 aliphatic heterocycles. The lowest BCUT2D eigenvalue weighted by molar-refractivity contribution is -0.161. The van der Waals surface area contributed by atoms with Gasteiger partial charge in [0.2, 0.25) is 0 Å². The SMILES string of the molecule is CCCCCCCCCCCCCCCCCCC(=O)OC[C@H](COP(=O)(O)OC[C@@H](O)COP(=O)(O)OC[C@@H](COC(=O)CCCCCCCCC)OC(=O)CCCCCCCCCCC(C)C)OC(=O)CCCCCCCCCCCCCCCCCCCCC(C)CC. The summed E-state index contributed by atoms with van der Waals surface area (Å²) in [6.45, 7) is 9.58. The van der Waals surface area contributed by atoms with Crippen molar-refractivity contribution >= 4 is 39.5 Å². The smallest absolute Gasteiger partial charge is 0.462 e. The van der Waals surface area contributed by atoms with Crippen molar-refractivity contribution in [3.63, 3.8) is 0 Å². The van der Waals surface area contributed by atoms with Gasteiger partial charge in [0, 0.05) is 25.7 Å². The van der Waals surface area contributed by atoms with Gasteiger partial charge in [-0.05, 0) is 37.5 Å². The molecule has 0 amide bonds. The summed E-state index contributed by atoms with van der Waals surface area (Å²) in [5.74, 6) is -0.531. The monoisotopic (exact) mass is 1410 g/mol. The Balaban J connectivity index is 5.15. The quantitative estimate of drug-likeness (QED) is 0.0222. The molecular weight excluding hydrogens is 1260 g/mol. The molecule has 19 heteroatoms. The van der Waals surface area contributed by atoms with E-state index in [-0.39, 0.29) is 25.7 Å². The lowest BCUT2D eigenvalue weighted by Crippen LogP contribution is -2.30. The predicted octanol–water partition coefficient (Wildman–Crippen LogP) is 22.7. The number of ether oxygens (including phenoxy) is 4. The van der Waals surface area contributed by atoms with Crippen molar-refractivity contribution in [1.82, 2.24) is 0 Å². The normalized spacial score (nSPS) is 14.3. The van der Waals surface area contributed by atoms with Crippen LogP contribution in [-0.2, 0) is 65.4 Å². The summed E-state index contributed by atoms with van der Waals surface area (Å²) in [5, 5.41) is 10.6. The van der Waals surface area contributed by atoms with Crippen molar-refractivity contribution < 1.29 is 80.2 Å². The Morgan fingerprint density at radius 3 is 0.792 bits per heavy atom. The van der Waals surface area contributed by atoms with Crippen LogP contribution >= 0.6 is 15.6 Å². The average molecular weight is 1410 g/mol. The maximum atomic E-state index is 13.1. The molecule has 96 heavy (non-hydrogen) atoms. The Hall–Kier alpha value is -1.94. The highest BCUT2D eigenvalue weighted by Gasteiger charge is 2.30. The van der Waals surface area contributed by atoms with Gasteiger partial charge in [0.1, 0.15) is 19.3 Å². The Bertz CT molecular complexity index is 1860. The zero-order valence-electron chi connectivity index (χ0n) is 62.7. The molecule has 0 saturated carbocycles. The van der Waals surface area contributed by atoms with Crippen LogP contribution in [0.4, 0.5) is 0 Å². The number of aliphatic hydroxyl groups excluding tert-OH is 1. The standard InChI is InChI=1S/C77H150O17P2/c1-7-10-12-14-16-17-18-19-20-26-29-32-35-42-48-54-60-75(80)88-66-73(93-76(81)61-55-49-43-36-33-30-27-24-22-21-23-25-28-31-34-41-46-52-58-70(6)9-3)68-92-96(85,86)90-64-71(78)63-89-95(83,84)91-67-72(65-87-74(79)59-53-47-39-15-13-11-8-2)94-77(82)62-56-50-44-38-37-40-45-51-57-69(4)5/h69-73,78H,7-68H2,1-6H3,(H,83,84)(H,85,86)/t70?,71-,72+,73+/m0/s1. The van der Waals surface area contributed by atoms with E-state index in [1.165, 1.54) is 205 Å². The van der Waals surface area contributed by atoms with Crippen LogP contribution in [-0.4, -0.2) is 96.7 Å². The topological polar surface area (TPSA) is 237 Å². The second kappa shape index (κ2) is 68.8. The summed E-state index contributed by atoms with van der Waals surface area (Å²) in [4.78, 5) is 72.6. The van der Waals surface area contributed by atoms with Crippen LogP contribution in [0, 0.1) is 11.8 Å². The first-order valence-corrected chi connectivity index (χ1v) is 43.0. The van der Waals surface area contributed by atoms with E-state index in [1.54, 1.807) is 0 Å². The number of phosphoric acid groups is 2. The van der Waals surface area contributed by atoms with Crippen molar-refractivity contribution in [3.8, 4) is 0 Å². The number of phosphoric ester groups is 2. The van der Waals surface area contributed by atoms with Crippen LogP contribution in [0.3, 0.4) is 0 Å². The van der Waals surface area contributed by atoms with Gasteiger partial charge in [0.25, 0.3) is 0 Å². The van der Waals surface area contributed by atoms with Crippen LogP contribution in [0.1, 0.15) is 401 Å². The molecule has 0 rings (SSSR count). The van der Waals surface area contributed by atoms with Gasteiger partial charge in [-0.2, -0.15) is 0 Å². The Labute approximate surface area is 588 Å². The molecule has 0 spiro atoms. The summed E-state index contributed by atoms with van der Waals surface area (Å²) in [7, 11) is -9.90. The number of carbonyl (C=O) groups is 4. The van der Waals surface area contributed by atoms with E-state index in [0.29, 0.717) is 25.7 Å². The Kier molecular flexibility index (Phi) is 67.4. The highest BCUT2D eigenvalue weighted by Crippen LogP contribution is 2.45. The lowest BCUT2D eigenvalue weighted by Gasteiger charge is -2.21. The molecule has 0 aliphatic carbocycles. The van der Waals surface area contributed by atoms with Gasteiger partial charge in [-0.25, -0.2) is 9.13 Å². The molecule has 0 heterocycles. The first-order valence-electron chi connectivity index (χ1n) is 40.0. The number of esters is 4. The Morgan fingerprint density at radius 2 is 0.531 bits per heavy atom. The maximum Gasteiger partial charge on any atom is 0.472 e. The van der Waals surface area contributed by atoms with Crippen molar-refractivity contribution in [2.75, 3.05) is 39.6 Å². The van der Waals surface area contributed by atoms with Crippen LogP contribution in [0.25, 0.3) is 0 Å². The molecule has 0 bridgehead atoms. The number of carbonyl (C=O) groups excluding carboxylic acids is 4. The fraction of sp³-hybridized carbons (Fsp3) is 0.948. The first kappa shape index (κ1) is 94.1. The molecule has 0 aromatic carbocycles. The fourth-order valence-electron chi connectivity index (χ4n) is 11.8. The molecular formula is C77H150O17P2. The maximum absolute atomic E-state index is 13.1. The molecule has 0 aromatic heterocycles. The molecule has 6 atom stereocenters. The summed E-state index contributed by atoms with van der Waals surface area (Å²) in [5.41, 5.74) is 0. The van der Waals surface area contributed by atoms with Gasteiger partial charge in [-0.15, -0.1) is 0 Å². The average Bonchev–Trinajstić information content (AvgIpc) is 2.28. The van der Waals surface area contributed by atoms with Crippen LogP contribution < -0.4 is 0 Å². The number of hydrogen-bond donors (Lipinski definition) is 3. The highest BCUT2D eigenvalue weighted by molar-refractivity contribution is 7.47. The fourth-order valence-corrected chi connectivity index (χ4v) is 13.4. The summed E-state index contributed by atoms with van der Waals surface area (Å²) < 4.78 is 68.4. The van der Waals surface area contributed by atoms with Crippen molar-refractivity contribution in [2.24, 2.45) is 11.8 Å². The molecule has 3 unspecified atom stereocenters. The van der Waals surface area contributed by atoms with E-state index in [1.807, 2.05) is 0 Å². The minimum atomic E-state index is -4.96. The zero-order chi connectivity index (χ0) is 70.7. The third-order valence-corrected chi connectivity index (χ3v) is 20.2. The number of aliphatic hydroxyl groups is 1. The van der Waals surface area contributed by atoms with E-state index >= 15 is 0 Å². The van der Waals surface area contributed by atoms with Crippen molar-refractivity contribution in [3.05, 3.63) is 0 Å². The minimum absolute atomic E-state index is 0.104. The van der Waals surface area contributed by atoms with Crippen LogP contribution in [0.5, 0.6) is 0 Å². The molecule has 0 fully saturated rings. The van der Waals surface area contributed by atoms with E-state index in [4.69, 9.17) is 37.0 Å². The van der Waals surface area contributed by atoms with Gasteiger partial charge in [-0.1, -0.05) is 350 Å². The molecule has 0 saturated heterocycles. The van der Waals surface area contributed by atoms with Gasteiger partial charge < -0.3 is 33.8 Å². The minimum Gasteiger partial charge on any atom is -0.462 e. The third kappa shape index (κ3) is 69.2. The number of hydrogen-bond acceptors (Lipinski definition) is 15. The van der Waals surface area contributed by atoms with E-state index in [2.05, 4.69) is 41.5 Å². The molecule has 3 N–H and O–H groups in total. The summed E-state index contributed by atoms with van der Waals surface area (Å²) in [6.07, 6.45) is 57.1. The van der Waals surface area contributed by atoms with Crippen LogP contribution in [0.2, 0.25) is 0 Å². The molecule has 0 aliphatic rings. The third-order valence-electron chi connectivity index (χ3n) is 18.3. The highest BCUT2D eigenvalue weighted by atomic mass is 31.2. The first-order chi connectivity index (χ1) is 46.4. The van der Waals surface area contributed by atoms with Gasteiger partial charge in [0.15, 0.2) is 12.2 Å². The van der Waals surface area contributed by atoms with Gasteiger partial charge in [0.05, 0.1) is 26.4 Å². The molecule has 0 aromatic rings. The lowest BCUT2D eigenvalue weighted by atomic mass is 9.99. The molecule has 17 nitrogen and oxygen atoms in total. The summed E-state index contributed by atoms with van der Waals surface area (Å²) in [6, 6.07) is 0. The zero-order valence-corrected chi connectivity index (χ0v) is 64.5. The molecule has 570 valence electrons. The molecule has 0 radical (unpaired) electrons. The van der Waals surface area contributed by atoms with Crippen molar-refractivity contribution in [1.29, 1.82) is 0 Å². The largest absolute Gasteiger partial charge is 0.472 e. The number of unbranched alkanes of at least 4 members (excludes halogenated alkanes) is 45. The predicted molar refractivity (Wildman–Crippen MR) is 391 cm³/mol. The Morgan fingerprint density at radius 1 is 0.302 bits per heavy atom. The van der Waals surface area contributed by atoms with Gasteiger partial charge in [-0.3, -0.25) is 37.3 Å². The number of rotatable bonds is 76.